The molecular weight excluding hydrogens is 582 g/mol. The van der Waals surface area contributed by atoms with Crippen LogP contribution < -0.4 is 15.6 Å². The van der Waals surface area contributed by atoms with E-state index in [0.29, 0.717) is 60.9 Å². The quantitative estimate of drug-likeness (QED) is 0.364. The van der Waals surface area contributed by atoms with Crippen LogP contribution in [0.5, 0.6) is 0 Å². The summed E-state index contributed by atoms with van der Waals surface area (Å²) in [5.74, 6) is 0.379. The van der Waals surface area contributed by atoms with Gasteiger partial charge in [-0.2, -0.15) is 18.0 Å². The van der Waals surface area contributed by atoms with E-state index >= 15 is 0 Å². The molecule has 5 rings (SSSR count). The Labute approximate surface area is 257 Å². The normalized spacial score (nSPS) is 16.5. The summed E-state index contributed by atoms with van der Waals surface area (Å²) in [4.78, 5) is 32.0. The molecule has 0 spiro atoms. The maximum Gasteiger partial charge on any atom is 0.410 e. The van der Waals surface area contributed by atoms with Crippen molar-refractivity contribution in [3.8, 4) is 6.07 Å². The number of fused-ring (bicyclic) bond motifs is 1. The SMILES string of the molecule is CC(C)(C)OC(=O)N1CCC(CCn2cnc3ccc(Nc4cccc(NS(=O)(=O)N5CCCC5)c4C#N)cc3c2=O)CC1. The standard InChI is InChI=1S/C31H39N7O5S/c1-31(2,3)43-30(40)36-16-11-22(12-17-36)13-18-37-21-33-26-10-9-23(19-24(26)29(37)39)34-27-7-6-8-28(25(27)20-32)35-44(41,42)38-14-4-5-15-38/h6-10,19,21-22,34-35H,4-5,11-18H2,1-3H3. The monoisotopic (exact) mass is 621 g/mol. The van der Waals surface area contributed by atoms with Gasteiger partial charge in [0.25, 0.3) is 5.56 Å². The fourth-order valence-corrected chi connectivity index (χ4v) is 6.91. The fourth-order valence-electron chi connectivity index (χ4n) is 5.60. The van der Waals surface area contributed by atoms with E-state index in [9.17, 15) is 23.3 Å². The zero-order valence-corrected chi connectivity index (χ0v) is 26.2. The lowest BCUT2D eigenvalue weighted by atomic mass is 9.94. The van der Waals surface area contributed by atoms with Gasteiger partial charge in [0.2, 0.25) is 0 Å². The number of piperidine rings is 1. The fraction of sp³-hybridized carbons (Fsp3) is 0.484. The molecule has 1 aromatic heterocycles. The maximum absolute atomic E-state index is 13.4. The van der Waals surface area contributed by atoms with E-state index in [4.69, 9.17) is 4.74 Å². The first-order valence-electron chi connectivity index (χ1n) is 15.0. The van der Waals surface area contributed by atoms with Gasteiger partial charge in [0.05, 0.1) is 34.2 Å². The summed E-state index contributed by atoms with van der Waals surface area (Å²) in [5, 5.41) is 13.5. The van der Waals surface area contributed by atoms with Crippen molar-refractivity contribution in [1.29, 1.82) is 5.26 Å². The topological polar surface area (TPSA) is 150 Å². The second-order valence-electron chi connectivity index (χ2n) is 12.4. The molecule has 0 bridgehead atoms. The molecule has 12 nitrogen and oxygen atoms in total. The molecular formula is C31H39N7O5S. The Kier molecular flexibility index (Phi) is 9.12. The number of anilines is 3. The summed E-state index contributed by atoms with van der Waals surface area (Å²) < 4.78 is 36.7. The van der Waals surface area contributed by atoms with E-state index in [2.05, 4.69) is 21.1 Å². The van der Waals surface area contributed by atoms with Gasteiger partial charge in [0, 0.05) is 38.4 Å². The largest absolute Gasteiger partial charge is 0.444 e. The van der Waals surface area contributed by atoms with Crippen molar-refractivity contribution in [2.24, 2.45) is 5.92 Å². The third-order valence-corrected chi connectivity index (χ3v) is 9.49. The van der Waals surface area contributed by atoms with Gasteiger partial charge in [-0.05, 0) is 89.1 Å². The molecule has 0 aliphatic carbocycles. The highest BCUT2D eigenvalue weighted by atomic mass is 32.2. The minimum absolute atomic E-state index is 0.150. The van der Waals surface area contributed by atoms with E-state index in [-0.39, 0.29) is 22.9 Å². The lowest BCUT2D eigenvalue weighted by Gasteiger charge is -2.33. The number of nitriles is 1. The second kappa shape index (κ2) is 12.8. The van der Waals surface area contributed by atoms with E-state index in [0.717, 1.165) is 32.1 Å². The molecule has 0 radical (unpaired) electrons. The van der Waals surface area contributed by atoms with Crippen LogP contribution in [0.4, 0.5) is 21.9 Å². The molecule has 13 heteroatoms. The van der Waals surface area contributed by atoms with Crippen LogP contribution >= 0.6 is 0 Å². The number of carbonyl (C=O) groups is 1. The zero-order chi connectivity index (χ0) is 31.5. The molecule has 0 saturated carbocycles. The first-order valence-corrected chi connectivity index (χ1v) is 16.4. The van der Waals surface area contributed by atoms with Crippen molar-refractivity contribution >= 4 is 44.3 Å². The Morgan fingerprint density at radius 1 is 1.09 bits per heavy atom. The van der Waals surface area contributed by atoms with Gasteiger partial charge in [-0.25, -0.2) is 9.78 Å². The maximum atomic E-state index is 13.4. The molecule has 3 aromatic rings. The molecule has 234 valence electrons. The Hall–Kier alpha value is -4.15. The van der Waals surface area contributed by atoms with Crippen molar-refractivity contribution in [3.05, 3.63) is 58.6 Å². The van der Waals surface area contributed by atoms with E-state index in [1.807, 2.05) is 20.8 Å². The number of aryl methyl sites for hydroxylation is 1. The summed E-state index contributed by atoms with van der Waals surface area (Å²) in [6.45, 7) is 8.24. The van der Waals surface area contributed by atoms with Crippen LogP contribution in [0.3, 0.4) is 0 Å². The summed E-state index contributed by atoms with van der Waals surface area (Å²) >= 11 is 0. The molecule has 0 unspecified atom stereocenters. The van der Waals surface area contributed by atoms with E-state index in [1.165, 1.54) is 4.31 Å². The van der Waals surface area contributed by atoms with E-state index < -0.39 is 15.8 Å². The lowest BCUT2D eigenvalue weighted by molar-refractivity contribution is 0.0179. The van der Waals surface area contributed by atoms with Crippen LogP contribution in [0.15, 0.2) is 47.5 Å². The molecule has 2 aliphatic rings. The van der Waals surface area contributed by atoms with Crippen LogP contribution in [0.1, 0.15) is 58.4 Å². The highest BCUT2D eigenvalue weighted by Gasteiger charge is 2.28. The van der Waals surface area contributed by atoms with Crippen LogP contribution in [0.2, 0.25) is 0 Å². The third kappa shape index (κ3) is 7.31. The molecule has 2 N–H and O–H groups in total. The Morgan fingerprint density at radius 3 is 2.48 bits per heavy atom. The Bertz CT molecular complexity index is 1730. The van der Waals surface area contributed by atoms with Crippen LogP contribution in [0, 0.1) is 17.2 Å². The summed E-state index contributed by atoms with van der Waals surface area (Å²) in [7, 11) is -3.77. The van der Waals surface area contributed by atoms with Gasteiger partial charge in [-0.15, -0.1) is 0 Å². The van der Waals surface area contributed by atoms with E-state index in [1.54, 1.807) is 52.2 Å². The van der Waals surface area contributed by atoms with Crippen molar-refractivity contribution < 1.29 is 17.9 Å². The average Bonchev–Trinajstić information content (AvgIpc) is 3.53. The summed E-state index contributed by atoms with van der Waals surface area (Å²) in [5.41, 5.74) is 1.17. The second-order valence-corrected chi connectivity index (χ2v) is 14.0. The number of amides is 1. The van der Waals surface area contributed by atoms with Crippen LogP contribution in [-0.4, -0.2) is 65.0 Å². The number of aromatic nitrogens is 2. The number of ether oxygens (including phenoxy) is 1. The number of hydrogen-bond acceptors (Lipinski definition) is 8. The first kappa shape index (κ1) is 31.3. The van der Waals surface area contributed by atoms with Crippen LogP contribution in [-0.2, 0) is 21.5 Å². The molecule has 2 saturated heterocycles. The van der Waals surface area contributed by atoms with Crippen molar-refractivity contribution in [2.75, 3.05) is 36.2 Å². The third-order valence-electron chi connectivity index (χ3n) is 7.97. The Morgan fingerprint density at radius 2 is 1.80 bits per heavy atom. The van der Waals surface area contributed by atoms with Gasteiger partial charge < -0.3 is 15.0 Å². The number of nitrogens with one attached hydrogen (secondary N) is 2. The molecule has 0 atom stereocenters. The molecule has 2 aliphatic heterocycles. The number of rotatable bonds is 8. The van der Waals surface area contributed by atoms with Gasteiger partial charge in [0.15, 0.2) is 0 Å². The van der Waals surface area contributed by atoms with Crippen molar-refractivity contribution in [3.63, 3.8) is 0 Å². The lowest BCUT2D eigenvalue weighted by Crippen LogP contribution is -2.41. The van der Waals surface area contributed by atoms with Crippen molar-refractivity contribution in [2.45, 2.75) is 65.0 Å². The summed E-state index contributed by atoms with van der Waals surface area (Å²) in [6, 6.07) is 12.2. The molecule has 3 heterocycles. The summed E-state index contributed by atoms with van der Waals surface area (Å²) in [6.07, 6.45) is 5.38. The zero-order valence-electron chi connectivity index (χ0n) is 25.4. The number of hydrogen-bond donors (Lipinski definition) is 2. The minimum atomic E-state index is -3.77. The highest BCUT2D eigenvalue weighted by Crippen LogP contribution is 2.29. The van der Waals surface area contributed by atoms with Gasteiger partial charge >= 0.3 is 16.3 Å². The van der Waals surface area contributed by atoms with Gasteiger partial charge in [-0.3, -0.25) is 14.1 Å². The molecule has 2 fully saturated rings. The number of carbonyl (C=O) groups excluding carboxylic acids is 1. The van der Waals surface area contributed by atoms with Crippen molar-refractivity contribution in [1.82, 2.24) is 18.8 Å². The first-order chi connectivity index (χ1) is 20.9. The predicted octanol–water partition coefficient (Wildman–Crippen LogP) is 4.80. The number of nitrogens with zero attached hydrogens (tertiary/aromatic N) is 5. The number of benzene rings is 2. The molecule has 1 amide bonds. The van der Waals surface area contributed by atoms with Gasteiger partial charge in [0.1, 0.15) is 11.7 Å². The predicted molar refractivity (Wildman–Crippen MR) is 169 cm³/mol. The Balaban J connectivity index is 1.26. The molecule has 44 heavy (non-hydrogen) atoms. The van der Waals surface area contributed by atoms with Gasteiger partial charge in [-0.1, -0.05) is 6.07 Å². The minimum Gasteiger partial charge on any atom is -0.444 e. The smallest absolute Gasteiger partial charge is 0.410 e. The number of likely N-dealkylation sites (tertiary alicyclic amines) is 1. The molecule has 2 aromatic carbocycles. The average molecular weight is 622 g/mol. The van der Waals surface area contributed by atoms with Crippen LogP contribution in [0.25, 0.3) is 10.9 Å². The highest BCUT2D eigenvalue weighted by molar-refractivity contribution is 7.90.